The molecule has 0 fully saturated rings. The first kappa shape index (κ1) is 20.2. The third kappa shape index (κ3) is 4.90. The lowest BCUT2D eigenvalue weighted by molar-refractivity contribution is 0.108. The van der Waals surface area contributed by atoms with Crippen molar-refractivity contribution in [3.8, 4) is 5.75 Å². The van der Waals surface area contributed by atoms with E-state index in [1.54, 1.807) is 6.20 Å². The van der Waals surface area contributed by atoms with Gasteiger partial charge in [-0.3, -0.25) is 4.90 Å². The lowest BCUT2D eigenvalue weighted by Gasteiger charge is -2.21. The molecule has 6 nitrogen and oxygen atoms in total. The molecular formula is C24H28N4O2. The zero-order chi connectivity index (χ0) is 20.9. The molecule has 30 heavy (non-hydrogen) atoms. The van der Waals surface area contributed by atoms with Gasteiger partial charge in [0.1, 0.15) is 18.2 Å². The molecule has 1 N–H and O–H groups in total. The molecule has 1 atom stereocenters. The second-order valence-corrected chi connectivity index (χ2v) is 7.76. The summed E-state index contributed by atoms with van der Waals surface area (Å²) >= 11 is 0. The van der Waals surface area contributed by atoms with Crippen LogP contribution >= 0.6 is 0 Å². The number of rotatable bonds is 9. The Labute approximate surface area is 177 Å². The van der Waals surface area contributed by atoms with Gasteiger partial charge >= 0.3 is 0 Å². The van der Waals surface area contributed by atoms with Gasteiger partial charge in [0.15, 0.2) is 0 Å². The number of fused-ring (bicyclic) bond motifs is 1. The Balaban J connectivity index is 1.27. The standard InChI is InChI=1S/C24H28N4O2/c1-26(16-21(29)17-28-13-11-20-5-3-4-6-23(20)28)15-19-7-9-22(10-8-19)30-18-24-25-12-14-27(24)2/h3-14,21,29H,15-18H2,1-2H3/t21-/m1/s1. The van der Waals surface area contributed by atoms with E-state index in [0.29, 0.717) is 19.7 Å². The number of ether oxygens (including phenoxy) is 1. The van der Waals surface area contributed by atoms with Crippen molar-refractivity contribution >= 4 is 10.9 Å². The van der Waals surface area contributed by atoms with Crippen LogP contribution in [0.25, 0.3) is 10.9 Å². The summed E-state index contributed by atoms with van der Waals surface area (Å²) in [5.74, 6) is 1.71. The number of likely N-dealkylation sites (N-methyl/N-ethyl adjacent to an activating group) is 1. The van der Waals surface area contributed by atoms with Crippen molar-refractivity contribution in [1.82, 2.24) is 19.0 Å². The smallest absolute Gasteiger partial charge is 0.146 e. The van der Waals surface area contributed by atoms with Gasteiger partial charge in [-0.25, -0.2) is 4.98 Å². The number of nitrogens with zero attached hydrogens (tertiary/aromatic N) is 4. The van der Waals surface area contributed by atoms with E-state index >= 15 is 0 Å². The fourth-order valence-corrected chi connectivity index (χ4v) is 3.70. The van der Waals surface area contributed by atoms with Gasteiger partial charge in [0, 0.05) is 50.8 Å². The molecule has 0 spiro atoms. The van der Waals surface area contributed by atoms with Crippen molar-refractivity contribution in [1.29, 1.82) is 0 Å². The highest BCUT2D eigenvalue weighted by Gasteiger charge is 2.11. The predicted molar refractivity (Wildman–Crippen MR) is 118 cm³/mol. The molecule has 0 amide bonds. The molecule has 0 radical (unpaired) electrons. The summed E-state index contributed by atoms with van der Waals surface area (Å²) < 4.78 is 9.87. The van der Waals surface area contributed by atoms with E-state index in [0.717, 1.165) is 23.6 Å². The van der Waals surface area contributed by atoms with Crippen LogP contribution in [-0.4, -0.2) is 43.8 Å². The molecule has 0 saturated carbocycles. The Bertz CT molecular complexity index is 1080. The molecule has 0 aliphatic carbocycles. The highest BCUT2D eigenvalue weighted by atomic mass is 16.5. The third-order valence-electron chi connectivity index (χ3n) is 5.27. The molecule has 0 unspecified atom stereocenters. The molecular weight excluding hydrogens is 376 g/mol. The third-order valence-corrected chi connectivity index (χ3v) is 5.27. The Morgan fingerprint density at radius 1 is 1.07 bits per heavy atom. The Kier molecular flexibility index (Phi) is 6.16. The van der Waals surface area contributed by atoms with Crippen LogP contribution in [-0.2, 0) is 26.7 Å². The SMILES string of the molecule is CN(Cc1ccc(OCc2nccn2C)cc1)C[C@@H](O)Cn1ccc2ccccc21. The van der Waals surface area contributed by atoms with E-state index in [1.165, 1.54) is 10.9 Å². The molecule has 0 aliphatic heterocycles. The van der Waals surface area contributed by atoms with Crippen LogP contribution in [0.4, 0.5) is 0 Å². The van der Waals surface area contributed by atoms with E-state index in [2.05, 4.69) is 44.8 Å². The summed E-state index contributed by atoms with van der Waals surface area (Å²) in [7, 11) is 3.99. The first-order valence-corrected chi connectivity index (χ1v) is 10.2. The number of hydrogen-bond donors (Lipinski definition) is 1. The Morgan fingerprint density at radius 2 is 1.87 bits per heavy atom. The number of para-hydroxylation sites is 1. The average molecular weight is 405 g/mol. The zero-order valence-corrected chi connectivity index (χ0v) is 17.5. The molecule has 4 rings (SSSR count). The molecule has 2 heterocycles. The van der Waals surface area contributed by atoms with Crippen molar-refractivity contribution < 1.29 is 9.84 Å². The lowest BCUT2D eigenvalue weighted by atomic mass is 10.2. The molecule has 0 aliphatic rings. The zero-order valence-electron chi connectivity index (χ0n) is 17.5. The van der Waals surface area contributed by atoms with E-state index in [4.69, 9.17) is 4.74 Å². The Hall–Kier alpha value is -3.09. The van der Waals surface area contributed by atoms with Crippen LogP contribution in [0.3, 0.4) is 0 Å². The summed E-state index contributed by atoms with van der Waals surface area (Å²) in [5, 5.41) is 11.8. The van der Waals surface area contributed by atoms with Crippen molar-refractivity contribution in [2.45, 2.75) is 25.8 Å². The van der Waals surface area contributed by atoms with E-state index in [9.17, 15) is 5.11 Å². The van der Waals surface area contributed by atoms with Gasteiger partial charge in [-0.05, 0) is 42.3 Å². The fraction of sp³-hybridized carbons (Fsp3) is 0.292. The topological polar surface area (TPSA) is 55.4 Å². The molecule has 4 aromatic rings. The maximum atomic E-state index is 10.6. The van der Waals surface area contributed by atoms with Crippen molar-refractivity contribution in [3.05, 3.63) is 84.6 Å². The maximum absolute atomic E-state index is 10.6. The van der Waals surface area contributed by atoms with Crippen LogP contribution in [0.2, 0.25) is 0 Å². The second kappa shape index (κ2) is 9.15. The first-order valence-electron chi connectivity index (χ1n) is 10.2. The minimum absolute atomic E-state index is 0.439. The monoisotopic (exact) mass is 404 g/mol. The molecule has 0 bridgehead atoms. The summed E-state index contributed by atoms with van der Waals surface area (Å²) in [4.78, 5) is 6.40. The highest BCUT2D eigenvalue weighted by molar-refractivity contribution is 5.79. The van der Waals surface area contributed by atoms with Gasteiger partial charge in [0.05, 0.1) is 6.10 Å². The summed E-state index contributed by atoms with van der Waals surface area (Å²) in [6.07, 6.45) is 5.28. The number of aryl methyl sites for hydroxylation is 1. The normalized spacial score (nSPS) is 12.5. The van der Waals surface area contributed by atoms with Gasteiger partial charge in [0.25, 0.3) is 0 Å². The van der Waals surface area contributed by atoms with E-state index in [1.807, 2.05) is 55.3 Å². The van der Waals surface area contributed by atoms with Crippen molar-refractivity contribution in [2.75, 3.05) is 13.6 Å². The second-order valence-electron chi connectivity index (χ2n) is 7.76. The van der Waals surface area contributed by atoms with Gasteiger partial charge in [-0.1, -0.05) is 30.3 Å². The van der Waals surface area contributed by atoms with Crippen molar-refractivity contribution in [3.63, 3.8) is 0 Å². The number of hydrogen-bond acceptors (Lipinski definition) is 4. The van der Waals surface area contributed by atoms with Gasteiger partial charge in [-0.2, -0.15) is 0 Å². The largest absolute Gasteiger partial charge is 0.486 e. The maximum Gasteiger partial charge on any atom is 0.146 e. The molecule has 0 saturated heterocycles. The van der Waals surface area contributed by atoms with Gasteiger partial charge in [-0.15, -0.1) is 0 Å². The highest BCUT2D eigenvalue weighted by Crippen LogP contribution is 2.17. The number of aliphatic hydroxyl groups is 1. The van der Waals surface area contributed by atoms with Crippen molar-refractivity contribution in [2.24, 2.45) is 7.05 Å². The van der Waals surface area contributed by atoms with E-state index in [-0.39, 0.29) is 0 Å². The van der Waals surface area contributed by atoms with E-state index < -0.39 is 6.10 Å². The fourth-order valence-electron chi connectivity index (χ4n) is 3.70. The minimum atomic E-state index is -0.439. The predicted octanol–water partition coefficient (Wildman–Crippen LogP) is 3.45. The molecule has 2 aromatic carbocycles. The molecule has 6 heteroatoms. The van der Waals surface area contributed by atoms with Crippen LogP contribution in [0.15, 0.2) is 73.2 Å². The van der Waals surface area contributed by atoms with Crippen LogP contribution in [0.1, 0.15) is 11.4 Å². The van der Waals surface area contributed by atoms with Crippen LogP contribution < -0.4 is 4.74 Å². The van der Waals surface area contributed by atoms with Gasteiger partial charge < -0.3 is 19.0 Å². The molecule has 2 aromatic heterocycles. The molecule has 156 valence electrons. The number of aliphatic hydroxyl groups excluding tert-OH is 1. The number of benzene rings is 2. The van der Waals surface area contributed by atoms with Crippen LogP contribution in [0, 0.1) is 0 Å². The quantitative estimate of drug-likeness (QED) is 0.464. The average Bonchev–Trinajstić information content (AvgIpc) is 3.33. The summed E-state index contributed by atoms with van der Waals surface area (Å²) in [6.45, 7) is 2.40. The summed E-state index contributed by atoms with van der Waals surface area (Å²) in [5.41, 5.74) is 2.33. The Morgan fingerprint density at radius 3 is 2.63 bits per heavy atom. The minimum Gasteiger partial charge on any atom is -0.486 e. The summed E-state index contributed by atoms with van der Waals surface area (Å²) in [6, 6.07) is 18.4. The van der Waals surface area contributed by atoms with Gasteiger partial charge in [0.2, 0.25) is 0 Å². The van der Waals surface area contributed by atoms with Crippen LogP contribution in [0.5, 0.6) is 5.75 Å². The number of imidazole rings is 1. The first-order chi connectivity index (χ1) is 14.6. The number of aromatic nitrogens is 3. The lowest BCUT2D eigenvalue weighted by Crippen LogP contribution is -2.31.